The van der Waals surface area contributed by atoms with Crippen molar-refractivity contribution in [3.8, 4) is 0 Å². The summed E-state index contributed by atoms with van der Waals surface area (Å²) in [6.07, 6.45) is -0.490. The maximum Gasteiger partial charge on any atom is 0.418 e. The molecular formula is C13H13NO4. The fraction of sp³-hybridized carbons (Fsp3) is 0.231. The second-order valence-corrected chi connectivity index (χ2v) is 3.75. The fourth-order valence-corrected chi connectivity index (χ4v) is 1.87. The molecular weight excluding hydrogens is 234 g/mol. The van der Waals surface area contributed by atoms with Gasteiger partial charge in [-0.15, -0.1) is 0 Å². The summed E-state index contributed by atoms with van der Waals surface area (Å²) >= 11 is 0. The average molecular weight is 247 g/mol. The predicted molar refractivity (Wildman–Crippen MR) is 65.5 cm³/mol. The normalized spacial score (nSPS) is 10.3. The Labute approximate surface area is 104 Å². The number of methoxy groups -OCH3 is 2. The Balaban J connectivity index is 2.57. The predicted octanol–water partition coefficient (Wildman–Crippen LogP) is 1.97. The van der Waals surface area contributed by atoms with E-state index in [4.69, 9.17) is 4.74 Å². The Bertz CT molecular complexity index is 600. The second-order valence-electron chi connectivity index (χ2n) is 3.75. The molecule has 0 bridgehead atoms. The lowest BCUT2D eigenvalue weighted by Gasteiger charge is -2.06. The summed E-state index contributed by atoms with van der Waals surface area (Å²) in [5, 5.41) is 0.877. The minimum absolute atomic E-state index is 0.0281. The fourth-order valence-electron chi connectivity index (χ4n) is 1.87. The zero-order chi connectivity index (χ0) is 13.1. The number of para-hydroxylation sites is 1. The van der Waals surface area contributed by atoms with Gasteiger partial charge in [0.05, 0.1) is 26.2 Å². The summed E-state index contributed by atoms with van der Waals surface area (Å²) in [6, 6.07) is 9.14. The van der Waals surface area contributed by atoms with Crippen LogP contribution in [0.25, 0.3) is 10.9 Å². The van der Waals surface area contributed by atoms with Crippen LogP contribution in [0, 0.1) is 0 Å². The van der Waals surface area contributed by atoms with Crippen LogP contribution in [0.1, 0.15) is 5.69 Å². The quantitative estimate of drug-likeness (QED) is 0.761. The maximum atomic E-state index is 11.8. The number of esters is 1. The van der Waals surface area contributed by atoms with Crippen molar-refractivity contribution >= 4 is 23.0 Å². The highest BCUT2D eigenvalue weighted by Crippen LogP contribution is 2.20. The molecule has 0 saturated carbocycles. The summed E-state index contributed by atoms with van der Waals surface area (Å²) in [7, 11) is 2.62. The highest BCUT2D eigenvalue weighted by atomic mass is 16.5. The van der Waals surface area contributed by atoms with Gasteiger partial charge in [0, 0.05) is 11.1 Å². The van der Waals surface area contributed by atoms with Crippen molar-refractivity contribution in [2.24, 2.45) is 0 Å². The van der Waals surface area contributed by atoms with E-state index in [9.17, 15) is 9.59 Å². The summed E-state index contributed by atoms with van der Waals surface area (Å²) in [4.78, 5) is 23.1. The van der Waals surface area contributed by atoms with E-state index in [0.29, 0.717) is 11.2 Å². The lowest BCUT2D eigenvalue weighted by molar-refractivity contribution is -0.139. The molecule has 0 saturated heterocycles. The molecule has 0 atom stereocenters. The molecule has 0 unspecified atom stereocenters. The molecule has 0 aliphatic carbocycles. The molecule has 0 aliphatic heterocycles. The third kappa shape index (κ3) is 2.07. The number of aromatic nitrogens is 1. The monoisotopic (exact) mass is 247 g/mol. The number of hydrogen-bond acceptors (Lipinski definition) is 4. The maximum absolute atomic E-state index is 11.8. The van der Waals surface area contributed by atoms with Gasteiger partial charge in [-0.25, -0.2) is 9.36 Å². The first-order valence-corrected chi connectivity index (χ1v) is 5.42. The first-order chi connectivity index (χ1) is 8.67. The number of carbonyl (C=O) groups excluding carboxylic acids is 2. The Morgan fingerprint density at radius 2 is 1.89 bits per heavy atom. The molecule has 1 aromatic heterocycles. The molecule has 0 amide bonds. The van der Waals surface area contributed by atoms with Crippen molar-refractivity contribution in [3.05, 3.63) is 36.0 Å². The number of ether oxygens (including phenoxy) is 2. The Kier molecular flexibility index (Phi) is 3.32. The van der Waals surface area contributed by atoms with Crippen LogP contribution in [0.5, 0.6) is 0 Å². The first kappa shape index (κ1) is 12.2. The van der Waals surface area contributed by atoms with Crippen LogP contribution in [0.2, 0.25) is 0 Å². The highest BCUT2D eigenvalue weighted by molar-refractivity contribution is 5.92. The molecule has 0 spiro atoms. The molecule has 2 rings (SSSR count). The summed E-state index contributed by atoms with van der Waals surface area (Å²) < 4.78 is 10.7. The SMILES string of the molecule is COC(=O)Cc1cc2ccccc2n1C(=O)OC. The molecule has 2 aromatic rings. The Hall–Kier alpha value is -2.30. The van der Waals surface area contributed by atoms with Gasteiger partial charge in [0.15, 0.2) is 0 Å². The van der Waals surface area contributed by atoms with Gasteiger partial charge in [-0.3, -0.25) is 4.79 Å². The Morgan fingerprint density at radius 1 is 1.17 bits per heavy atom. The van der Waals surface area contributed by atoms with Gasteiger partial charge >= 0.3 is 12.1 Å². The topological polar surface area (TPSA) is 57.5 Å². The largest absolute Gasteiger partial charge is 0.469 e. The lowest BCUT2D eigenvalue weighted by Crippen LogP contribution is -2.17. The van der Waals surface area contributed by atoms with Crippen LogP contribution in [0.4, 0.5) is 4.79 Å². The van der Waals surface area contributed by atoms with Crippen LogP contribution in [-0.2, 0) is 20.7 Å². The van der Waals surface area contributed by atoms with Gasteiger partial charge in [-0.05, 0) is 12.1 Å². The van der Waals surface area contributed by atoms with E-state index in [0.717, 1.165) is 5.39 Å². The third-order valence-corrected chi connectivity index (χ3v) is 2.70. The number of carbonyl (C=O) groups is 2. The number of rotatable bonds is 2. The van der Waals surface area contributed by atoms with Gasteiger partial charge in [0.2, 0.25) is 0 Å². The van der Waals surface area contributed by atoms with Gasteiger partial charge in [-0.2, -0.15) is 0 Å². The van der Waals surface area contributed by atoms with Crippen LogP contribution >= 0.6 is 0 Å². The zero-order valence-corrected chi connectivity index (χ0v) is 10.2. The van der Waals surface area contributed by atoms with E-state index in [1.807, 2.05) is 18.2 Å². The zero-order valence-electron chi connectivity index (χ0n) is 10.2. The molecule has 0 aliphatic rings. The standard InChI is InChI=1S/C13H13NO4/c1-17-12(15)8-10-7-9-5-3-4-6-11(9)14(10)13(16)18-2/h3-7H,8H2,1-2H3. The first-order valence-electron chi connectivity index (χ1n) is 5.42. The van der Waals surface area contributed by atoms with Crippen LogP contribution in [0.3, 0.4) is 0 Å². The minimum Gasteiger partial charge on any atom is -0.469 e. The second kappa shape index (κ2) is 4.91. The van der Waals surface area contributed by atoms with Gasteiger partial charge in [0.25, 0.3) is 0 Å². The van der Waals surface area contributed by atoms with Gasteiger partial charge < -0.3 is 9.47 Å². The molecule has 5 heteroatoms. The van der Waals surface area contributed by atoms with Crippen molar-refractivity contribution in [3.63, 3.8) is 0 Å². The molecule has 0 fully saturated rings. The van der Waals surface area contributed by atoms with Gasteiger partial charge in [0.1, 0.15) is 0 Å². The highest BCUT2D eigenvalue weighted by Gasteiger charge is 2.17. The molecule has 94 valence electrons. The van der Waals surface area contributed by atoms with E-state index in [1.54, 1.807) is 12.1 Å². The molecule has 1 heterocycles. The van der Waals surface area contributed by atoms with Crippen molar-refractivity contribution in [2.75, 3.05) is 14.2 Å². The van der Waals surface area contributed by atoms with E-state index >= 15 is 0 Å². The summed E-state index contributed by atoms with van der Waals surface area (Å²) in [5.41, 5.74) is 1.26. The lowest BCUT2D eigenvalue weighted by atomic mass is 10.2. The Morgan fingerprint density at radius 3 is 2.56 bits per heavy atom. The smallest absolute Gasteiger partial charge is 0.418 e. The van der Waals surface area contributed by atoms with Crippen molar-refractivity contribution in [1.82, 2.24) is 4.57 Å². The molecule has 5 nitrogen and oxygen atoms in total. The van der Waals surface area contributed by atoms with E-state index in [1.165, 1.54) is 18.8 Å². The van der Waals surface area contributed by atoms with Crippen molar-refractivity contribution < 1.29 is 19.1 Å². The van der Waals surface area contributed by atoms with Gasteiger partial charge in [-0.1, -0.05) is 18.2 Å². The number of nitrogens with zero attached hydrogens (tertiary/aromatic N) is 1. The summed E-state index contributed by atoms with van der Waals surface area (Å²) in [6.45, 7) is 0. The van der Waals surface area contributed by atoms with Crippen LogP contribution in [-0.4, -0.2) is 30.8 Å². The van der Waals surface area contributed by atoms with Crippen molar-refractivity contribution in [2.45, 2.75) is 6.42 Å². The van der Waals surface area contributed by atoms with E-state index in [2.05, 4.69) is 4.74 Å². The minimum atomic E-state index is -0.518. The third-order valence-electron chi connectivity index (χ3n) is 2.70. The summed E-state index contributed by atoms with van der Waals surface area (Å²) in [5.74, 6) is -0.400. The van der Waals surface area contributed by atoms with E-state index in [-0.39, 0.29) is 6.42 Å². The number of benzene rings is 1. The van der Waals surface area contributed by atoms with Crippen molar-refractivity contribution in [1.29, 1.82) is 0 Å². The number of hydrogen-bond donors (Lipinski definition) is 0. The molecule has 0 N–H and O–H groups in total. The van der Waals surface area contributed by atoms with Crippen LogP contribution < -0.4 is 0 Å². The van der Waals surface area contributed by atoms with E-state index < -0.39 is 12.1 Å². The molecule has 18 heavy (non-hydrogen) atoms. The van der Waals surface area contributed by atoms with Crippen LogP contribution in [0.15, 0.2) is 30.3 Å². The number of fused-ring (bicyclic) bond motifs is 1. The molecule has 0 radical (unpaired) electrons. The average Bonchev–Trinajstić information content (AvgIpc) is 2.75. The molecule has 1 aromatic carbocycles.